The largest absolute Gasteiger partial charge is 0.201 e. The fourth-order valence-electron chi connectivity index (χ4n) is 1.54. The number of hydrogen-bond donors (Lipinski definition) is 0. The average Bonchev–Trinajstić information content (AvgIpc) is 2.83. The maximum absolute atomic E-state index is 6.22. The van der Waals surface area contributed by atoms with Crippen LogP contribution in [0.1, 0.15) is 11.3 Å². The lowest BCUT2D eigenvalue weighted by atomic mass is 10.3. The summed E-state index contributed by atoms with van der Waals surface area (Å²) in [5.74, 6) is 2.54. The number of hydrogen-bond acceptors (Lipinski definition) is 4. The molecule has 0 N–H and O–H groups in total. The summed E-state index contributed by atoms with van der Waals surface area (Å²) in [4.78, 5) is 0. The fourth-order valence-corrected chi connectivity index (χ4v) is 2.95. The summed E-state index contributed by atoms with van der Waals surface area (Å²) in [5, 5.41) is 12.9. The van der Waals surface area contributed by atoms with Gasteiger partial charge < -0.3 is 0 Å². The molecule has 1 aliphatic rings. The van der Waals surface area contributed by atoms with Crippen LogP contribution in [-0.2, 0) is 11.5 Å². The monoisotopic (exact) mass is 238 g/mol. The number of halogens is 1. The number of aromatic nitrogens is 4. The molecule has 0 aliphatic carbocycles. The normalized spacial score (nSPS) is 14.2. The van der Waals surface area contributed by atoms with E-state index in [1.807, 2.05) is 23.9 Å². The van der Waals surface area contributed by atoms with Gasteiger partial charge in [0.05, 0.1) is 5.69 Å². The highest BCUT2D eigenvalue weighted by molar-refractivity contribution is 7.98. The third-order valence-corrected chi connectivity index (χ3v) is 3.62. The van der Waals surface area contributed by atoms with Crippen LogP contribution in [0.3, 0.4) is 0 Å². The van der Waals surface area contributed by atoms with Crippen LogP contribution in [-0.4, -0.2) is 20.0 Å². The second-order valence-electron chi connectivity index (χ2n) is 3.20. The van der Waals surface area contributed by atoms with Gasteiger partial charge in [-0.1, -0.05) is 11.6 Å². The van der Waals surface area contributed by atoms with Gasteiger partial charge in [-0.2, -0.15) is 22.0 Å². The zero-order chi connectivity index (χ0) is 10.3. The molecule has 0 fully saturated rings. The lowest BCUT2D eigenvalue weighted by Gasteiger charge is -2.00. The first kappa shape index (κ1) is 9.18. The Kier molecular flexibility index (Phi) is 2.14. The quantitative estimate of drug-likeness (QED) is 0.763. The molecular weight excluding hydrogens is 232 g/mol. The molecule has 0 saturated carbocycles. The summed E-state index contributed by atoms with van der Waals surface area (Å²) in [6.07, 6.45) is 1.63. The van der Waals surface area contributed by atoms with E-state index >= 15 is 0 Å². The van der Waals surface area contributed by atoms with Gasteiger partial charge in [0.25, 0.3) is 0 Å². The van der Waals surface area contributed by atoms with Crippen molar-refractivity contribution in [2.24, 2.45) is 0 Å². The summed E-state index contributed by atoms with van der Waals surface area (Å²) in [5.41, 5.74) is 2.20. The molecule has 2 aromatic rings. The molecule has 1 aliphatic heterocycles. The minimum absolute atomic E-state index is 0.663. The van der Waals surface area contributed by atoms with Crippen molar-refractivity contribution in [3.63, 3.8) is 0 Å². The molecule has 76 valence electrons. The van der Waals surface area contributed by atoms with Crippen LogP contribution in [0.15, 0.2) is 18.3 Å². The number of thioether (sulfide) groups is 1. The summed E-state index contributed by atoms with van der Waals surface area (Å²) >= 11 is 8.05. The second-order valence-corrected chi connectivity index (χ2v) is 4.55. The van der Waals surface area contributed by atoms with Gasteiger partial charge in [-0.05, 0) is 12.1 Å². The zero-order valence-corrected chi connectivity index (χ0v) is 9.29. The van der Waals surface area contributed by atoms with E-state index in [-0.39, 0.29) is 0 Å². The molecule has 2 aromatic heterocycles. The Morgan fingerprint density at radius 2 is 2.33 bits per heavy atom. The second kappa shape index (κ2) is 3.50. The average molecular weight is 239 g/mol. The Bertz CT molecular complexity index is 496. The molecular formula is C9H7ClN4S. The van der Waals surface area contributed by atoms with Crippen LogP contribution >= 0.6 is 23.4 Å². The molecule has 4 nitrogen and oxygen atoms in total. The highest BCUT2D eigenvalue weighted by Crippen LogP contribution is 2.34. The highest BCUT2D eigenvalue weighted by Gasteiger charge is 2.22. The lowest BCUT2D eigenvalue weighted by molar-refractivity contribution is 0.802. The first-order chi connectivity index (χ1) is 7.36. The van der Waals surface area contributed by atoms with E-state index in [1.165, 1.54) is 0 Å². The predicted molar refractivity (Wildman–Crippen MR) is 59.2 cm³/mol. The molecule has 3 rings (SSSR count). The summed E-state index contributed by atoms with van der Waals surface area (Å²) < 4.78 is 1.65. The Hall–Kier alpha value is -1.07. The van der Waals surface area contributed by atoms with Gasteiger partial charge in [0.2, 0.25) is 0 Å². The van der Waals surface area contributed by atoms with Gasteiger partial charge in [-0.25, -0.2) is 4.68 Å². The first-order valence-electron chi connectivity index (χ1n) is 4.48. The maximum Gasteiger partial charge on any atom is 0.177 e. The molecule has 3 heterocycles. The van der Waals surface area contributed by atoms with Crippen LogP contribution < -0.4 is 0 Å². The van der Waals surface area contributed by atoms with Crippen molar-refractivity contribution in [2.45, 2.75) is 11.5 Å². The van der Waals surface area contributed by atoms with E-state index in [0.717, 1.165) is 22.8 Å². The molecule has 15 heavy (non-hydrogen) atoms. The van der Waals surface area contributed by atoms with Crippen LogP contribution in [0.4, 0.5) is 0 Å². The first-order valence-corrected chi connectivity index (χ1v) is 6.01. The van der Waals surface area contributed by atoms with Crippen molar-refractivity contribution in [1.29, 1.82) is 0 Å². The molecule has 0 radical (unpaired) electrons. The molecule has 0 atom stereocenters. The van der Waals surface area contributed by atoms with Crippen molar-refractivity contribution in [2.75, 3.05) is 0 Å². The molecule has 0 bridgehead atoms. The van der Waals surface area contributed by atoms with E-state index in [2.05, 4.69) is 15.3 Å². The number of fused-ring (bicyclic) bond motifs is 1. The fraction of sp³-hybridized carbons (Fsp3) is 0.222. The van der Waals surface area contributed by atoms with Gasteiger partial charge in [-0.3, -0.25) is 0 Å². The third-order valence-electron chi connectivity index (χ3n) is 2.26. The van der Waals surface area contributed by atoms with Crippen LogP contribution in [0, 0.1) is 0 Å². The van der Waals surface area contributed by atoms with Gasteiger partial charge in [-0.15, -0.1) is 5.10 Å². The van der Waals surface area contributed by atoms with Crippen molar-refractivity contribution in [3.8, 4) is 5.82 Å². The SMILES string of the molecule is Clc1c2c(nn1-c1cccnn1)CSC2. The molecule has 0 unspecified atom stereocenters. The Morgan fingerprint density at radius 1 is 1.40 bits per heavy atom. The van der Waals surface area contributed by atoms with Gasteiger partial charge in [0.1, 0.15) is 5.15 Å². The maximum atomic E-state index is 6.22. The van der Waals surface area contributed by atoms with E-state index in [9.17, 15) is 0 Å². The predicted octanol–water partition coefficient (Wildman–Crippen LogP) is 2.06. The van der Waals surface area contributed by atoms with E-state index in [4.69, 9.17) is 11.6 Å². The molecule has 0 amide bonds. The van der Waals surface area contributed by atoms with Crippen LogP contribution in [0.2, 0.25) is 5.15 Å². The smallest absolute Gasteiger partial charge is 0.177 e. The van der Waals surface area contributed by atoms with E-state index < -0.39 is 0 Å². The minimum atomic E-state index is 0.663. The zero-order valence-electron chi connectivity index (χ0n) is 7.72. The van der Waals surface area contributed by atoms with Crippen LogP contribution in [0.25, 0.3) is 5.82 Å². The van der Waals surface area contributed by atoms with Gasteiger partial charge in [0, 0.05) is 23.3 Å². The Balaban J connectivity index is 2.14. The molecule has 6 heteroatoms. The molecule has 0 spiro atoms. The van der Waals surface area contributed by atoms with Crippen molar-refractivity contribution >= 4 is 23.4 Å². The van der Waals surface area contributed by atoms with Crippen LogP contribution in [0.5, 0.6) is 0 Å². The standard InChI is InChI=1S/C9H7ClN4S/c10-9-6-4-15-5-7(6)13-14(9)8-2-1-3-11-12-8/h1-3H,4-5H2. The third kappa shape index (κ3) is 1.42. The lowest BCUT2D eigenvalue weighted by Crippen LogP contribution is -2.01. The van der Waals surface area contributed by atoms with Crippen molar-refractivity contribution < 1.29 is 0 Å². The summed E-state index contributed by atoms with van der Waals surface area (Å²) in [7, 11) is 0. The Morgan fingerprint density at radius 3 is 3.07 bits per heavy atom. The summed E-state index contributed by atoms with van der Waals surface area (Å²) in [6, 6.07) is 3.66. The van der Waals surface area contributed by atoms with Gasteiger partial charge in [0.15, 0.2) is 5.82 Å². The number of rotatable bonds is 1. The van der Waals surface area contributed by atoms with E-state index in [1.54, 1.807) is 10.9 Å². The number of nitrogens with zero attached hydrogens (tertiary/aromatic N) is 4. The van der Waals surface area contributed by atoms with Crippen molar-refractivity contribution in [1.82, 2.24) is 20.0 Å². The topological polar surface area (TPSA) is 43.6 Å². The van der Waals surface area contributed by atoms with Gasteiger partial charge >= 0.3 is 0 Å². The molecule has 0 saturated heterocycles. The minimum Gasteiger partial charge on any atom is -0.201 e. The van der Waals surface area contributed by atoms with E-state index in [0.29, 0.717) is 11.0 Å². The molecule has 0 aromatic carbocycles. The Labute approximate surface area is 95.7 Å². The highest BCUT2D eigenvalue weighted by atomic mass is 35.5. The summed E-state index contributed by atoms with van der Waals surface area (Å²) in [6.45, 7) is 0. The van der Waals surface area contributed by atoms with Crippen molar-refractivity contribution in [3.05, 3.63) is 34.7 Å².